The van der Waals surface area contributed by atoms with Crippen molar-refractivity contribution < 1.29 is 19.1 Å². The first-order valence-corrected chi connectivity index (χ1v) is 8.77. The minimum absolute atomic E-state index is 0.301. The minimum atomic E-state index is -0.546. The number of anilines is 1. The van der Waals surface area contributed by atoms with Crippen molar-refractivity contribution in [3.05, 3.63) is 45.8 Å². The van der Waals surface area contributed by atoms with Gasteiger partial charge >= 0.3 is 0 Å². The Hall–Kier alpha value is -2.38. The van der Waals surface area contributed by atoms with Gasteiger partial charge in [0.2, 0.25) is 0 Å². The van der Waals surface area contributed by atoms with Gasteiger partial charge in [-0.2, -0.15) is 0 Å². The molecule has 2 rings (SSSR count). The molecule has 0 unspecified atom stereocenters. The topological polar surface area (TPSA) is 90.7 Å². The van der Waals surface area contributed by atoms with Crippen LogP contribution in [0, 0.1) is 13.8 Å². The predicted octanol–water partition coefficient (Wildman–Crippen LogP) is 3.13. The molecular formula is C18H22N2O4S. The van der Waals surface area contributed by atoms with E-state index in [4.69, 9.17) is 15.2 Å². The summed E-state index contributed by atoms with van der Waals surface area (Å²) in [7, 11) is 0. The number of amides is 2. The summed E-state index contributed by atoms with van der Waals surface area (Å²) in [6.07, 6.45) is 0. The number of nitrogens with two attached hydrogens (primary N) is 1. The van der Waals surface area contributed by atoms with Crippen molar-refractivity contribution >= 4 is 28.2 Å². The number of hydrogen-bond acceptors (Lipinski definition) is 5. The molecule has 0 fully saturated rings. The van der Waals surface area contributed by atoms with Gasteiger partial charge in [0.15, 0.2) is 0 Å². The maximum Gasteiger partial charge on any atom is 0.256 e. The lowest BCUT2D eigenvalue weighted by Gasteiger charge is -2.08. The zero-order chi connectivity index (χ0) is 18.4. The summed E-state index contributed by atoms with van der Waals surface area (Å²) >= 11 is 1.34. The van der Waals surface area contributed by atoms with Crippen LogP contribution < -0.4 is 15.8 Å². The normalized spacial score (nSPS) is 10.5. The average molecular weight is 362 g/mol. The Balaban J connectivity index is 2.04. The van der Waals surface area contributed by atoms with E-state index < -0.39 is 5.91 Å². The van der Waals surface area contributed by atoms with Gasteiger partial charge in [-0.15, -0.1) is 11.3 Å². The lowest BCUT2D eigenvalue weighted by molar-refractivity contribution is 0.100. The van der Waals surface area contributed by atoms with E-state index >= 15 is 0 Å². The zero-order valence-corrected chi connectivity index (χ0v) is 15.4. The summed E-state index contributed by atoms with van der Waals surface area (Å²) in [5.74, 6) is -0.184. The molecule has 0 radical (unpaired) electrons. The summed E-state index contributed by atoms with van der Waals surface area (Å²) in [5.41, 5.74) is 7.05. The highest BCUT2D eigenvalue weighted by Gasteiger charge is 2.19. The smallest absolute Gasteiger partial charge is 0.256 e. The third-order valence-electron chi connectivity index (χ3n) is 3.68. The van der Waals surface area contributed by atoms with Crippen molar-refractivity contribution in [3.63, 3.8) is 0 Å². The van der Waals surface area contributed by atoms with E-state index in [9.17, 15) is 9.59 Å². The number of carbonyl (C=O) groups is 2. The lowest BCUT2D eigenvalue weighted by Crippen LogP contribution is -2.17. The van der Waals surface area contributed by atoms with Gasteiger partial charge in [-0.25, -0.2) is 0 Å². The van der Waals surface area contributed by atoms with Gasteiger partial charge in [0.1, 0.15) is 17.4 Å². The number of aryl methyl sites for hydroxylation is 1. The van der Waals surface area contributed by atoms with Crippen LogP contribution in [0.3, 0.4) is 0 Å². The van der Waals surface area contributed by atoms with Crippen LogP contribution in [0.2, 0.25) is 0 Å². The van der Waals surface area contributed by atoms with Crippen LogP contribution in [0.5, 0.6) is 5.75 Å². The first-order valence-electron chi connectivity index (χ1n) is 7.95. The number of ether oxygens (including phenoxy) is 2. The largest absolute Gasteiger partial charge is 0.491 e. The highest BCUT2D eigenvalue weighted by Crippen LogP contribution is 2.32. The second kappa shape index (κ2) is 8.64. The van der Waals surface area contributed by atoms with Crippen LogP contribution in [0.25, 0.3) is 0 Å². The zero-order valence-electron chi connectivity index (χ0n) is 14.5. The number of hydrogen-bond donors (Lipinski definition) is 2. The molecule has 1 aromatic carbocycles. The fourth-order valence-corrected chi connectivity index (χ4v) is 3.31. The van der Waals surface area contributed by atoms with E-state index in [1.807, 2.05) is 20.8 Å². The Kier molecular flexibility index (Phi) is 6.55. The van der Waals surface area contributed by atoms with E-state index in [0.717, 1.165) is 10.4 Å². The van der Waals surface area contributed by atoms with Crippen molar-refractivity contribution in [2.75, 3.05) is 25.1 Å². The van der Waals surface area contributed by atoms with Gasteiger partial charge in [0, 0.05) is 17.0 Å². The van der Waals surface area contributed by atoms with Gasteiger partial charge in [-0.1, -0.05) is 0 Å². The molecule has 0 saturated heterocycles. The van der Waals surface area contributed by atoms with Crippen molar-refractivity contribution in [1.82, 2.24) is 0 Å². The molecule has 0 aliphatic carbocycles. The first kappa shape index (κ1) is 19.0. The second-order valence-corrected chi connectivity index (χ2v) is 6.60. The fraction of sp³-hybridized carbons (Fsp3) is 0.333. The van der Waals surface area contributed by atoms with Gasteiger partial charge < -0.3 is 20.5 Å². The molecule has 2 aromatic rings. The molecule has 1 aromatic heterocycles. The van der Waals surface area contributed by atoms with Gasteiger partial charge in [-0.05, 0) is 50.6 Å². The van der Waals surface area contributed by atoms with E-state index in [2.05, 4.69) is 5.32 Å². The van der Waals surface area contributed by atoms with Crippen LogP contribution in [-0.4, -0.2) is 31.6 Å². The van der Waals surface area contributed by atoms with E-state index in [1.54, 1.807) is 24.3 Å². The fourth-order valence-electron chi connectivity index (χ4n) is 2.25. The first-order chi connectivity index (χ1) is 11.9. The van der Waals surface area contributed by atoms with Gasteiger partial charge in [0.05, 0.1) is 12.2 Å². The third-order valence-corrected chi connectivity index (χ3v) is 4.80. The van der Waals surface area contributed by atoms with Crippen LogP contribution in [-0.2, 0) is 4.74 Å². The number of rotatable bonds is 8. The van der Waals surface area contributed by atoms with Crippen LogP contribution in [0.15, 0.2) is 24.3 Å². The molecule has 0 saturated carbocycles. The summed E-state index contributed by atoms with van der Waals surface area (Å²) in [4.78, 5) is 25.0. The number of thiophene rings is 1. The molecule has 0 bridgehead atoms. The molecule has 0 aliphatic rings. The molecular weight excluding hydrogens is 340 g/mol. The molecule has 2 amide bonds. The summed E-state index contributed by atoms with van der Waals surface area (Å²) in [6.45, 7) is 7.25. The Morgan fingerprint density at radius 2 is 1.84 bits per heavy atom. The molecule has 7 heteroatoms. The summed E-state index contributed by atoms with van der Waals surface area (Å²) in [6, 6.07) is 6.78. The van der Waals surface area contributed by atoms with Crippen LogP contribution in [0.4, 0.5) is 5.00 Å². The van der Waals surface area contributed by atoms with Gasteiger partial charge in [-0.3, -0.25) is 9.59 Å². The molecule has 1 heterocycles. The number of nitrogens with one attached hydrogen (secondary N) is 1. The highest BCUT2D eigenvalue weighted by molar-refractivity contribution is 7.16. The van der Waals surface area contributed by atoms with E-state index in [0.29, 0.717) is 41.7 Å². The standard InChI is InChI=1S/C18H22N2O4S/c1-4-23-9-10-24-14-7-5-13(6-8-14)17(22)20-18-15(16(19)21)11(2)12(3)25-18/h5-8H,4,9-10H2,1-3H3,(H2,19,21)(H,20,22). The molecule has 0 aliphatic heterocycles. The van der Waals surface area contributed by atoms with Crippen molar-refractivity contribution in [3.8, 4) is 5.75 Å². The van der Waals surface area contributed by atoms with E-state index in [1.165, 1.54) is 11.3 Å². The molecule has 0 spiro atoms. The minimum Gasteiger partial charge on any atom is -0.491 e. The van der Waals surface area contributed by atoms with Crippen LogP contribution in [0.1, 0.15) is 38.1 Å². The van der Waals surface area contributed by atoms with Crippen LogP contribution >= 0.6 is 11.3 Å². The maximum absolute atomic E-state index is 12.4. The predicted molar refractivity (Wildman–Crippen MR) is 98.7 cm³/mol. The summed E-state index contributed by atoms with van der Waals surface area (Å²) in [5, 5.41) is 3.24. The van der Waals surface area contributed by atoms with Crippen molar-refractivity contribution in [2.24, 2.45) is 5.73 Å². The molecule has 0 atom stereocenters. The van der Waals surface area contributed by atoms with Crippen molar-refractivity contribution in [1.29, 1.82) is 0 Å². The third kappa shape index (κ3) is 4.80. The van der Waals surface area contributed by atoms with Crippen molar-refractivity contribution in [2.45, 2.75) is 20.8 Å². The Labute approximate surface area is 150 Å². The Bertz CT molecular complexity index is 753. The lowest BCUT2D eigenvalue weighted by atomic mass is 10.1. The average Bonchev–Trinajstić information content (AvgIpc) is 2.86. The monoisotopic (exact) mass is 362 g/mol. The molecule has 134 valence electrons. The molecule has 6 nitrogen and oxygen atoms in total. The maximum atomic E-state index is 12.4. The SMILES string of the molecule is CCOCCOc1ccc(C(=O)Nc2sc(C)c(C)c2C(N)=O)cc1. The highest BCUT2D eigenvalue weighted by atomic mass is 32.1. The second-order valence-electron chi connectivity index (χ2n) is 5.38. The number of benzene rings is 1. The molecule has 3 N–H and O–H groups in total. The number of primary amides is 1. The van der Waals surface area contributed by atoms with Gasteiger partial charge in [0.25, 0.3) is 11.8 Å². The molecule has 25 heavy (non-hydrogen) atoms. The quantitative estimate of drug-likeness (QED) is 0.706. The number of carbonyl (C=O) groups excluding carboxylic acids is 2. The summed E-state index contributed by atoms with van der Waals surface area (Å²) < 4.78 is 10.7. The van der Waals surface area contributed by atoms with E-state index in [-0.39, 0.29) is 5.91 Å². The Morgan fingerprint density at radius 1 is 1.16 bits per heavy atom. The Morgan fingerprint density at radius 3 is 2.44 bits per heavy atom.